The summed E-state index contributed by atoms with van der Waals surface area (Å²) in [7, 11) is 0. The number of hydrogen-bond acceptors (Lipinski definition) is 2. The van der Waals surface area contributed by atoms with Gasteiger partial charge in [0.15, 0.2) is 0 Å². The predicted molar refractivity (Wildman–Crippen MR) is 71.3 cm³/mol. The normalized spacial score (nSPS) is 10.3. The fraction of sp³-hybridized carbons (Fsp3) is 0.200. The summed E-state index contributed by atoms with van der Waals surface area (Å²) in [4.78, 5) is 16.0. The molecule has 1 heterocycles. The number of rotatable bonds is 3. The van der Waals surface area contributed by atoms with Crippen LogP contribution in [0.3, 0.4) is 0 Å². The molecule has 98 valence electrons. The quantitative estimate of drug-likeness (QED) is 0.919. The highest BCUT2D eigenvalue weighted by Gasteiger charge is 2.11. The summed E-state index contributed by atoms with van der Waals surface area (Å²) < 4.78 is 13.6. The maximum atomic E-state index is 13.6. The van der Waals surface area contributed by atoms with Gasteiger partial charge in [-0.3, -0.25) is 9.78 Å². The van der Waals surface area contributed by atoms with Gasteiger partial charge in [0.25, 0.3) is 5.91 Å². The fourth-order valence-electron chi connectivity index (χ4n) is 1.68. The molecule has 0 aliphatic heterocycles. The van der Waals surface area contributed by atoms with Crippen molar-refractivity contribution in [3.8, 4) is 0 Å². The monoisotopic (exact) mass is 258 g/mol. The first kappa shape index (κ1) is 13.2. The molecule has 4 heteroatoms. The first-order chi connectivity index (χ1) is 9.06. The third kappa shape index (κ3) is 3.37. The minimum Gasteiger partial charge on any atom is -0.348 e. The molecule has 0 saturated heterocycles. The van der Waals surface area contributed by atoms with E-state index in [0.717, 1.165) is 16.8 Å². The fourth-order valence-corrected chi connectivity index (χ4v) is 1.68. The summed E-state index contributed by atoms with van der Waals surface area (Å²) in [5, 5.41) is 2.68. The van der Waals surface area contributed by atoms with Crippen molar-refractivity contribution in [2.24, 2.45) is 0 Å². The molecule has 2 aromatic rings. The lowest BCUT2D eigenvalue weighted by Gasteiger charge is -2.07. The number of carbonyl (C=O) groups is 1. The van der Waals surface area contributed by atoms with E-state index < -0.39 is 11.7 Å². The zero-order valence-corrected chi connectivity index (χ0v) is 10.9. The molecule has 3 nitrogen and oxygen atoms in total. The van der Waals surface area contributed by atoms with Gasteiger partial charge < -0.3 is 5.32 Å². The van der Waals surface area contributed by atoms with Crippen molar-refractivity contribution in [3.63, 3.8) is 0 Å². The Morgan fingerprint density at radius 3 is 2.68 bits per heavy atom. The van der Waals surface area contributed by atoms with Gasteiger partial charge in [0.2, 0.25) is 0 Å². The Balaban J connectivity index is 2.03. The molecule has 1 aromatic carbocycles. The number of benzene rings is 1. The molecule has 0 unspecified atom stereocenters. The van der Waals surface area contributed by atoms with Crippen molar-refractivity contribution in [1.82, 2.24) is 10.3 Å². The highest BCUT2D eigenvalue weighted by Crippen LogP contribution is 2.10. The molecule has 0 radical (unpaired) electrons. The largest absolute Gasteiger partial charge is 0.348 e. The first-order valence-corrected chi connectivity index (χ1v) is 6.02. The molecule has 0 atom stereocenters. The number of nitrogens with one attached hydrogen (secondary N) is 1. The van der Waals surface area contributed by atoms with E-state index in [1.165, 1.54) is 12.1 Å². The summed E-state index contributed by atoms with van der Waals surface area (Å²) in [5.41, 5.74) is 2.65. The van der Waals surface area contributed by atoms with Gasteiger partial charge in [-0.1, -0.05) is 12.1 Å². The molecule has 1 aromatic heterocycles. The highest BCUT2D eigenvalue weighted by atomic mass is 19.1. The Morgan fingerprint density at radius 2 is 2.05 bits per heavy atom. The van der Waals surface area contributed by atoms with E-state index in [1.54, 1.807) is 19.2 Å². The zero-order valence-electron chi connectivity index (χ0n) is 10.9. The Bertz CT molecular complexity index is 594. The molecule has 0 aliphatic rings. The predicted octanol–water partition coefficient (Wildman–Crippen LogP) is 2.77. The minimum atomic E-state index is -0.500. The number of hydrogen-bond donors (Lipinski definition) is 1. The van der Waals surface area contributed by atoms with Crippen LogP contribution in [-0.4, -0.2) is 10.9 Å². The number of aryl methyl sites for hydroxylation is 2. The second kappa shape index (κ2) is 5.61. The van der Waals surface area contributed by atoms with Crippen LogP contribution in [0.4, 0.5) is 4.39 Å². The van der Waals surface area contributed by atoms with Crippen molar-refractivity contribution < 1.29 is 9.18 Å². The van der Waals surface area contributed by atoms with E-state index in [1.807, 2.05) is 19.1 Å². The van der Waals surface area contributed by atoms with Crippen molar-refractivity contribution in [1.29, 1.82) is 0 Å². The average Bonchev–Trinajstić information content (AvgIpc) is 2.37. The number of halogens is 1. The van der Waals surface area contributed by atoms with Gasteiger partial charge in [-0.15, -0.1) is 0 Å². The third-order valence-corrected chi connectivity index (χ3v) is 2.79. The van der Waals surface area contributed by atoms with Gasteiger partial charge in [0, 0.05) is 18.4 Å². The lowest BCUT2D eigenvalue weighted by molar-refractivity contribution is 0.0947. The van der Waals surface area contributed by atoms with E-state index in [-0.39, 0.29) is 5.56 Å². The Labute approximate surface area is 111 Å². The summed E-state index contributed by atoms with van der Waals surface area (Å²) in [5.74, 6) is -0.919. The summed E-state index contributed by atoms with van der Waals surface area (Å²) in [6.45, 7) is 4.01. The molecule has 0 saturated carbocycles. The van der Waals surface area contributed by atoms with Crippen LogP contribution in [0.25, 0.3) is 0 Å². The van der Waals surface area contributed by atoms with Gasteiger partial charge >= 0.3 is 0 Å². The Kier molecular flexibility index (Phi) is 3.90. The Morgan fingerprint density at radius 1 is 1.26 bits per heavy atom. The number of pyridine rings is 1. The van der Waals surface area contributed by atoms with Crippen LogP contribution in [0, 0.1) is 19.7 Å². The second-order valence-corrected chi connectivity index (χ2v) is 4.47. The van der Waals surface area contributed by atoms with Crippen LogP contribution in [0.1, 0.15) is 27.2 Å². The molecule has 1 amide bonds. The van der Waals surface area contributed by atoms with Gasteiger partial charge in [0.1, 0.15) is 5.82 Å². The molecular formula is C15H15FN2O. The molecule has 19 heavy (non-hydrogen) atoms. The van der Waals surface area contributed by atoms with Crippen LogP contribution in [0.15, 0.2) is 36.5 Å². The van der Waals surface area contributed by atoms with Crippen molar-refractivity contribution >= 4 is 5.91 Å². The lowest BCUT2D eigenvalue weighted by Crippen LogP contribution is -2.23. The van der Waals surface area contributed by atoms with Crippen LogP contribution in [-0.2, 0) is 6.54 Å². The summed E-state index contributed by atoms with van der Waals surface area (Å²) >= 11 is 0. The average molecular weight is 258 g/mol. The molecule has 0 aliphatic carbocycles. The molecule has 0 fully saturated rings. The van der Waals surface area contributed by atoms with Crippen LogP contribution in [0.2, 0.25) is 0 Å². The third-order valence-electron chi connectivity index (χ3n) is 2.79. The van der Waals surface area contributed by atoms with E-state index in [4.69, 9.17) is 0 Å². The number of aromatic nitrogens is 1. The van der Waals surface area contributed by atoms with Crippen LogP contribution in [0.5, 0.6) is 0 Å². The number of nitrogens with zero attached hydrogens (tertiary/aromatic N) is 1. The van der Waals surface area contributed by atoms with Gasteiger partial charge in [-0.25, -0.2) is 4.39 Å². The second-order valence-electron chi connectivity index (χ2n) is 4.47. The molecule has 2 rings (SSSR count). The van der Waals surface area contributed by atoms with E-state index >= 15 is 0 Å². The molecule has 0 spiro atoms. The topological polar surface area (TPSA) is 42.0 Å². The van der Waals surface area contributed by atoms with Gasteiger partial charge in [-0.05, 0) is 43.2 Å². The number of amides is 1. The molecular weight excluding hydrogens is 243 g/mol. The maximum Gasteiger partial charge on any atom is 0.254 e. The van der Waals surface area contributed by atoms with E-state index in [2.05, 4.69) is 10.3 Å². The summed E-state index contributed by atoms with van der Waals surface area (Å²) in [6, 6.07) is 8.31. The summed E-state index contributed by atoms with van der Waals surface area (Å²) in [6.07, 6.45) is 1.70. The van der Waals surface area contributed by atoms with Gasteiger partial charge in [0.05, 0.1) is 5.56 Å². The smallest absolute Gasteiger partial charge is 0.254 e. The number of carbonyl (C=O) groups excluding carboxylic acids is 1. The first-order valence-electron chi connectivity index (χ1n) is 6.02. The van der Waals surface area contributed by atoms with E-state index in [9.17, 15) is 9.18 Å². The van der Waals surface area contributed by atoms with Crippen LogP contribution >= 0.6 is 0 Å². The highest BCUT2D eigenvalue weighted by molar-refractivity contribution is 5.94. The SMILES string of the molecule is Cc1ccc(C(=O)NCc2ccc(C)nc2)c(F)c1. The van der Waals surface area contributed by atoms with Crippen molar-refractivity contribution in [3.05, 3.63) is 64.7 Å². The zero-order chi connectivity index (χ0) is 13.8. The van der Waals surface area contributed by atoms with E-state index in [0.29, 0.717) is 6.54 Å². The Hall–Kier alpha value is -2.23. The van der Waals surface area contributed by atoms with Crippen molar-refractivity contribution in [2.75, 3.05) is 0 Å². The van der Waals surface area contributed by atoms with Gasteiger partial charge in [-0.2, -0.15) is 0 Å². The molecule has 0 bridgehead atoms. The minimum absolute atomic E-state index is 0.0608. The molecule has 1 N–H and O–H groups in total. The lowest BCUT2D eigenvalue weighted by atomic mass is 10.1. The van der Waals surface area contributed by atoms with Crippen LogP contribution < -0.4 is 5.32 Å². The maximum absolute atomic E-state index is 13.6. The standard InChI is InChI=1S/C15H15FN2O/c1-10-3-6-13(14(16)7-10)15(19)18-9-12-5-4-11(2)17-8-12/h3-8H,9H2,1-2H3,(H,18,19). The van der Waals surface area contributed by atoms with Crippen molar-refractivity contribution in [2.45, 2.75) is 20.4 Å².